The fraction of sp³-hybridized carbons (Fsp3) is 0.0952. The molecule has 0 radical (unpaired) electrons. The van der Waals surface area contributed by atoms with Crippen LogP contribution in [0.1, 0.15) is 5.56 Å². The molecule has 0 saturated heterocycles. The van der Waals surface area contributed by atoms with Crippen molar-refractivity contribution in [1.29, 1.82) is 0 Å². The van der Waals surface area contributed by atoms with E-state index in [9.17, 15) is 4.79 Å². The van der Waals surface area contributed by atoms with Crippen LogP contribution in [0.15, 0.2) is 78.2 Å². The molecule has 0 aliphatic rings. The van der Waals surface area contributed by atoms with Gasteiger partial charge in [-0.15, -0.1) is 10.2 Å². The summed E-state index contributed by atoms with van der Waals surface area (Å²) < 4.78 is 3.79. The zero-order valence-corrected chi connectivity index (χ0v) is 17.2. The minimum atomic E-state index is -0.165. The molecule has 0 fully saturated rings. The number of aryl methyl sites for hydroxylation is 1. The van der Waals surface area contributed by atoms with E-state index in [4.69, 9.17) is 11.6 Å². The second kappa shape index (κ2) is 8.55. The molecule has 6 nitrogen and oxygen atoms in total. The van der Waals surface area contributed by atoms with Gasteiger partial charge in [-0.3, -0.25) is 9.47 Å². The molecule has 29 heavy (non-hydrogen) atoms. The van der Waals surface area contributed by atoms with Crippen molar-refractivity contribution in [2.24, 2.45) is 0 Å². The molecular weight excluding hydrogens is 406 g/mol. The Balaban J connectivity index is 1.58. The maximum Gasteiger partial charge on any atom is 0.234 e. The van der Waals surface area contributed by atoms with Gasteiger partial charge >= 0.3 is 0 Å². The summed E-state index contributed by atoms with van der Waals surface area (Å²) in [6.07, 6.45) is 3.83. The standard InChI is InChI=1S/C21H18ClN5OS/c1-15-7-6-8-16(13-15)20-24-25-21(27(20)26-11-4-5-12-26)29-14-19(28)23-18-10-3-2-9-17(18)22/h2-13H,14H2,1H3,(H,23,28). The average Bonchev–Trinajstić information content (AvgIpc) is 3.37. The molecule has 0 bridgehead atoms. The van der Waals surface area contributed by atoms with Gasteiger partial charge in [-0.25, -0.2) is 4.68 Å². The lowest BCUT2D eigenvalue weighted by atomic mass is 10.1. The van der Waals surface area contributed by atoms with Crippen molar-refractivity contribution >= 4 is 35.0 Å². The number of thioether (sulfide) groups is 1. The minimum Gasteiger partial charge on any atom is -0.324 e. The van der Waals surface area contributed by atoms with E-state index in [0.29, 0.717) is 21.7 Å². The third kappa shape index (κ3) is 4.36. The topological polar surface area (TPSA) is 64.7 Å². The van der Waals surface area contributed by atoms with Gasteiger partial charge in [-0.05, 0) is 37.3 Å². The lowest BCUT2D eigenvalue weighted by Crippen LogP contribution is -2.16. The number of hydrogen-bond donors (Lipinski definition) is 1. The van der Waals surface area contributed by atoms with Crippen LogP contribution in [0.3, 0.4) is 0 Å². The van der Waals surface area contributed by atoms with E-state index >= 15 is 0 Å². The molecule has 4 aromatic rings. The SMILES string of the molecule is Cc1cccc(-c2nnc(SCC(=O)Nc3ccccc3Cl)n2-n2cccc2)c1. The van der Waals surface area contributed by atoms with E-state index in [1.807, 2.05) is 71.1 Å². The highest BCUT2D eigenvalue weighted by Gasteiger charge is 2.17. The third-order valence-corrected chi connectivity index (χ3v) is 5.44. The normalized spacial score (nSPS) is 10.8. The lowest BCUT2D eigenvalue weighted by molar-refractivity contribution is -0.113. The zero-order valence-electron chi connectivity index (χ0n) is 15.6. The Morgan fingerprint density at radius 2 is 1.86 bits per heavy atom. The predicted molar refractivity (Wildman–Crippen MR) is 116 cm³/mol. The maximum absolute atomic E-state index is 12.4. The van der Waals surface area contributed by atoms with Crippen LogP contribution < -0.4 is 5.32 Å². The van der Waals surface area contributed by atoms with Gasteiger partial charge in [0.15, 0.2) is 5.82 Å². The van der Waals surface area contributed by atoms with Crippen molar-refractivity contribution in [1.82, 2.24) is 19.5 Å². The van der Waals surface area contributed by atoms with Gasteiger partial charge in [0.2, 0.25) is 11.1 Å². The van der Waals surface area contributed by atoms with Crippen molar-refractivity contribution in [2.45, 2.75) is 12.1 Å². The Morgan fingerprint density at radius 1 is 1.07 bits per heavy atom. The molecule has 1 amide bonds. The first-order chi connectivity index (χ1) is 14.1. The first-order valence-corrected chi connectivity index (χ1v) is 10.3. The van der Waals surface area contributed by atoms with Gasteiger partial charge in [0.1, 0.15) is 0 Å². The summed E-state index contributed by atoms with van der Waals surface area (Å²) in [4.78, 5) is 12.4. The second-order valence-electron chi connectivity index (χ2n) is 6.37. The molecule has 0 saturated carbocycles. The monoisotopic (exact) mass is 423 g/mol. The molecule has 0 aliphatic carbocycles. The number of hydrogen-bond acceptors (Lipinski definition) is 4. The average molecular weight is 424 g/mol. The molecule has 0 unspecified atom stereocenters. The Kier molecular flexibility index (Phi) is 5.69. The Morgan fingerprint density at radius 3 is 2.62 bits per heavy atom. The molecule has 0 atom stereocenters. The molecule has 1 N–H and O–H groups in total. The summed E-state index contributed by atoms with van der Waals surface area (Å²) in [5.74, 6) is 0.722. The number of amides is 1. The van der Waals surface area contributed by atoms with Crippen molar-refractivity contribution in [3.63, 3.8) is 0 Å². The highest BCUT2D eigenvalue weighted by atomic mass is 35.5. The highest BCUT2D eigenvalue weighted by Crippen LogP contribution is 2.26. The number of aromatic nitrogens is 4. The number of nitrogens with zero attached hydrogens (tertiary/aromatic N) is 4. The quantitative estimate of drug-likeness (QED) is 0.454. The first-order valence-electron chi connectivity index (χ1n) is 8.95. The number of anilines is 1. The number of carbonyl (C=O) groups is 1. The van der Waals surface area contributed by atoms with Gasteiger partial charge in [0.25, 0.3) is 0 Å². The van der Waals surface area contributed by atoms with Crippen molar-refractivity contribution in [2.75, 3.05) is 11.1 Å². The summed E-state index contributed by atoms with van der Waals surface area (Å²) >= 11 is 7.42. The van der Waals surface area contributed by atoms with Crippen LogP contribution in [0.4, 0.5) is 5.69 Å². The lowest BCUT2D eigenvalue weighted by Gasteiger charge is -2.12. The summed E-state index contributed by atoms with van der Waals surface area (Å²) in [6, 6.07) is 19.1. The summed E-state index contributed by atoms with van der Waals surface area (Å²) in [5, 5.41) is 12.6. The van der Waals surface area contributed by atoms with Gasteiger partial charge in [-0.2, -0.15) is 0 Å². The van der Waals surface area contributed by atoms with Crippen LogP contribution in [0.5, 0.6) is 0 Å². The molecule has 8 heteroatoms. The van der Waals surface area contributed by atoms with Crippen LogP contribution in [0.25, 0.3) is 11.4 Å². The first kappa shape index (κ1) is 19.3. The van der Waals surface area contributed by atoms with Crippen LogP contribution in [0.2, 0.25) is 5.02 Å². The molecule has 2 heterocycles. The van der Waals surface area contributed by atoms with E-state index in [1.54, 1.807) is 12.1 Å². The molecular formula is C21H18ClN5OS. The van der Waals surface area contributed by atoms with E-state index in [0.717, 1.165) is 11.1 Å². The summed E-state index contributed by atoms with van der Waals surface area (Å²) in [6.45, 7) is 2.04. The molecule has 4 rings (SSSR count). The van der Waals surface area contributed by atoms with E-state index < -0.39 is 0 Å². The van der Waals surface area contributed by atoms with Crippen molar-refractivity contribution in [3.05, 3.63) is 83.6 Å². The fourth-order valence-electron chi connectivity index (χ4n) is 2.87. The Hall–Kier alpha value is -3.03. The molecule has 0 spiro atoms. The third-order valence-electron chi connectivity index (χ3n) is 4.19. The Labute approximate surface area is 177 Å². The number of rotatable bonds is 6. The fourth-order valence-corrected chi connectivity index (χ4v) is 3.78. The van der Waals surface area contributed by atoms with Crippen LogP contribution >= 0.6 is 23.4 Å². The number of halogens is 1. The van der Waals surface area contributed by atoms with Crippen molar-refractivity contribution in [3.8, 4) is 11.4 Å². The predicted octanol–water partition coefficient (Wildman–Crippen LogP) is 4.75. The van der Waals surface area contributed by atoms with Crippen LogP contribution in [0, 0.1) is 6.92 Å². The van der Waals surface area contributed by atoms with Gasteiger partial charge in [-0.1, -0.05) is 59.3 Å². The highest BCUT2D eigenvalue weighted by molar-refractivity contribution is 7.99. The molecule has 2 aromatic heterocycles. The van der Waals surface area contributed by atoms with Gasteiger partial charge < -0.3 is 5.32 Å². The van der Waals surface area contributed by atoms with E-state index in [-0.39, 0.29) is 11.7 Å². The van der Waals surface area contributed by atoms with Crippen LogP contribution in [-0.2, 0) is 4.79 Å². The Bertz CT molecular complexity index is 1140. The van der Waals surface area contributed by atoms with E-state index in [2.05, 4.69) is 21.6 Å². The molecule has 2 aromatic carbocycles. The maximum atomic E-state index is 12.4. The number of nitrogens with one attached hydrogen (secondary N) is 1. The van der Waals surface area contributed by atoms with Gasteiger partial charge in [0, 0.05) is 18.0 Å². The number of para-hydroxylation sites is 1. The largest absolute Gasteiger partial charge is 0.324 e. The van der Waals surface area contributed by atoms with Crippen LogP contribution in [-0.4, -0.2) is 31.2 Å². The second-order valence-corrected chi connectivity index (χ2v) is 7.72. The minimum absolute atomic E-state index is 0.165. The molecule has 146 valence electrons. The summed E-state index contributed by atoms with van der Waals surface area (Å²) in [5.41, 5.74) is 2.68. The smallest absolute Gasteiger partial charge is 0.234 e. The molecule has 0 aliphatic heterocycles. The zero-order chi connectivity index (χ0) is 20.2. The number of carbonyl (C=O) groups excluding carboxylic acids is 1. The van der Waals surface area contributed by atoms with Gasteiger partial charge in [0.05, 0.1) is 16.5 Å². The van der Waals surface area contributed by atoms with E-state index in [1.165, 1.54) is 11.8 Å². The summed E-state index contributed by atoms with van der Waals surface area (Å²) in [7, 11) is 0. The number of benzene rings is 2. The van der Waals surface area contributed by atoms with Crippen molar-refractivity contribution < 1.29 is 4.79 Å².